The number of alkyl halides is 6. The number of carbonyl (C=O) groups is 2. The minimum atomic E-state index is -5.08. The minimum Gasteiger partial charge on any atom is -0.493 e. The van der Waals surface area contributed by atoms with Crippen LogP contribution in [0, 0.1) is 0 Å². The van der Waals surface area contributed by atoms with Crippen molar-refractivity contribution in [3.8, 4) is 11.5 Å². The Bertz CT molecular complexity index is 1270. The van der Waals surface area contributed by atoms with E-state index in [2.05, 4.69) is 34.6 Å². The van der Waals surface area contributed by atoms with Crippen LogP contribution in [0.1, 0.15) is 50.2 Å². The van der Waals surface area contributed by atoms with Crippen molar-refractivity contribution in [1.29, 1.82) is 0 Å². The number of benzene rings is 2. The second-order valence-electron chi connectivity index (χ2n) is 10.5. The van der Waals surface area contributed by atoms with Crippen LogP contribution in [0.15, 0.2) is 42.5 Å². The maximum Gasteiger partial charge on any atom is 0.490 e. The Kier molecular flexibility index (Phi) is 10.8. The summed E-state index contributed by atoms with van der Waals surface area (Å²) in [4.78, 5) is 24.1. The maximum atomic E-state index is 13.0. The molecule has 43 heavy (non-hydrogen) atoms. The van der Waals surface area contributed by atoms with Crippen molar-refractivity contribution in [1.82, 2.24) is 10.2 Å². The Morgan fingerprint density at radius 1 is 1.02 bits per heavy atom. The van der Waals surface area contributed by atoms with E-state index in [1.807, 2.05) is 6.07 Å². The molecule has 2 aromatic rings. The fraction of sp³-hybridized carbons (Fsp3) is 0.517. The molecular formula is C29H35F6N3O5. The van der Waals surface area contributed by atoms with E-state index in [4.69, 9.17) is 19.4 Å². The summed E-state index contributed by atoms with van der Waals surface area (Å²) in [6, 6.07) is 10.5. The number of nitrogens with one attached hydrogen (secondary N) is 2. The highest BCUT2D eigenvalue weighted by molar-refractivity contribution is 5.89. The number of urea groups is 1. The Balaban J connectivity index is 0.000000646. The average Bonchev–Trinajstić information content (AvgIpc) is 3.31. The highest BCUT2D eigenvalue weighted by Gasteiger charge is 2.51. The summed E-state index contributed by atoms with van der Waals surface area (Å²) in [6.07, 6.45) is -5.05. The van der Waals surface area contributed by atoms with Crippen LogP contribution in [0.4, 0.5) is 36.8 Å². The molecule has 4 rings (SSSR count). The summed E-state index contributed by atoms with van der Waals surface area (Å²) in [6.45, 7) is 4.12. The van der Waals surface area contributed by atoms with E-state index in [-0.39, 0.29) is 23.2 Å². The first kappa shape index (κ1) is 33.8. The van der Waals surface area contributed by atoms with Crippen LogP contribution in [-0.4, -0.2) is 67.6 Å². The van der Waals surface area contributed by atoms with Crippen molar-refractivity contribution < 1.29 is 50.5 Å². The summed E-state index contributed by atoms with van der Waals surface area (Å²) in [7, 11) is 3.26. The lowest BCUT2D eigenvalue weighted by Crippen LogP contribution is -2.53. The monoisotopic (exact) mass is 619 g/mol. The van der Waals surface area contributed by atoms with Gasteiger partial charge in [0.05, 0.1) is 19.8 Å². The molecule has 1 saturated carbocycles. The number of amides is 2. The highest BCUT2D eigenvalue weighted by Crippen LogP contribution is 2.50. The van der Waals surface area contributed by atoms with Gasteiger partial charge in [-0.15, -0.1) is 0 Å². The van der Waals surface area contributed by atoms with E-state index in [0.717, 1.165) is 57.3 Å². The van der Waals surface area contributed by atoms with E-state index < -0.39 is 29.9 Å². The first-order valence-corrected chi connectivity index (χ1v) is 13.7. The summed E-state index contributed by atoms with van der Waals surface area (Å²) in [5.41, 5.74) is 0.491. The van der Waals surface area contributed by atoms with E-state index in [1.54, 1.807) is 14.2 Å². The van der Waals surface area contributed by atoms with E-state index in [9.17, 15) is 31.1 Å². The molecule has 1 heterocycles. The number of halogens is 6. The van der Waals surface area contributed by atoms with Crippen LogP contribution in [0.2, 0.25) is 0 Å². The quantitative estimate of drug-likeness (QED) is 0.308. The molecule has 2 aromatic carbocycles. The molecular weight excluding hydrogens is 584 g/mol. The molecule has 3 N–H and O–H groups in total. The standard InChI is InChI=1S/C27H34F3N3O3.C2HF3O2/c1-4-13-33-14-12-26(18-8-9-22(35-2)23(16-18)36-3)11-10-21(17-24(26)33)32-25(34)31-20-7-5-6-19(15-20)27(28,29)30;3-2(4,5)1(6)7/h5-9,15-16,21,24H,4,10-14,17H2,1-3H3,(H2,31,32,34);(H,6,7). The van der Waals surface area contributed by atoms with Crippen LogP contribution in [0.5, 0.6) is 11.5 Å². The first-order valence-electron chi connectivity index (χ1n) is 13.7. The Hall–Kier alpha value is -3.68. The zero-order chi connectivity index (χ0) is 32.0. The third kappa shape index (κ3) is 8.24. The number of ether oxygens (including phenoxy) is 2. The fourth-order valence-corrected chi connectivity index (χ4v) is 5.94. The number of likely N-dealkylation sites (tertiary alicyclic amines) is 1. The number of hydrogen-bond donors (Lipinski definition) is 3. The Morgan fingerprint density at radius 2 is 1.70 bits per heavy atom. The van der Waals surface area contributed by atoms with Crippen molar-refractivity contribution in [2.24, 2.45) is 0 Å². The fourth-order valence-electron chi connectivity index (χ4n) is 5.94. The van der Waals surface area contributed by atoms with Crippen molar-refractivity contribution in [3.63, 3.8) is 0 Å². The molecule has 0 bridgehead atoms. The number of carboxylic acids is 1. The average molecular weight is 620 g/mol. The van der Waals surface area contributed by atoms with E-state index in [0.29, 0.717) is 11.5 Å². The smallest absolute Gasteiger partial charge is 0.490 e. The van der Waals surface area contributed by atoms with Crippen LogP contribution in [0.3, 0.4) is 0 Å². The number of carboxylic acid groups (broad SMARTS) is 1. The van der Waals surface area contributed by atoms with Crippen molar-refractivity contribution in [2.75, 3.05) is 32.6 Å². The van der Waals surface area contributed by atoms with Gasteiger partial charge in [0.1, 0.15) is 0 Å². The summed E-state index contributed by atoms with van der Waals surface area (Å²) >= 11 is 0. The topological polar surface area (TPSA) is 100 Å². The third-order valence-corrected chi connectivity index (χ3v) is 7.87. The van der Waals surface area contributed by atoms with Crippen molar-refractivity contribution in [3.05, 3.63) is 53.6 Å². The number of hydrogen-bond acceptors (Lipinski definition) is 5. The number of fused-ring (bicyclic) bond motifs is 1. The van der Waals surface area contributed by atoms with Gasteiger partial charge in [0.2, 0.25) is 0 Å². The molecule has 2 fully saturated rings. The number of rotatable bonds is 7. The SMILES string of the molecule is CCCN1CCC2(c3ccc(OC)c(OC)c3)CCC(NC(=O)Nc3cccc(C(F)(F)F)c3)CC12.O=C(O)C(F)(F)F. The number of nitrogens with zero attached hydrogens (tertiary/aromatic N) is 1. The number of aliphatic carboxylic acids is 1. The molecule has 0 radical (unpaired) electrons. The zero-order valence-corrected chi connectivity index (χ0v) is 23.9. The number of carbonyl (C=O) groups excluding carboxylic acids is 1. The van der Waals surface area contributed by atoms with E-state index in [1.165, 1.54) is 17.7 Å². The van der Waals surface area contributed by atoms with Crippen LogP contribution in [-0.2, 0) is 16.4 Å². The first-order chi connectivity index (χ1) is 20.1. The molecule has 3 unspecified atom stereocenters. The molecule has 2 amide bonds. The van der Waals surface area contributed by atoms with Gasteiger partial charge >= 0.3 is 24.4 Å². The minimum absolute atomic E-state index is 0.0512. The largest absolute Gasteiger partial charge is 0.493 e. The summed E-state index contributed by atoms with van der Waals surface area (Å²) < 4.78 is 81.8. The lowest BCUT2D eigenvalue weighted by Gasteiger charge is -2.45. The van der Waals surface area contributed by atoms with Crippen LogP contribution in [0.25, 0.3) is 0 Å². The molecule has 8 nitrogen and oxygen atoms in total. The zero-order valence-electron chi connectivity index (χ0n) is 23.9. The number of methoxy groups -OCH3 is 2. The molecule has 3 atom stereocenters. The molecule has 2 aliphatic rings. The van der Waals surface area contributed by atoms with Gasteiger partial charge in [0, 0.05) is 23.2 Å². The predicted molar refractivity (Wildman–Crippen MR) is 146 cm³/mol. The van der Waals surface area contributed by atoms with Gasteiger partial charge in [-0.05, 0) is 81.1 Å². The molecule has 14 heteroatoms. The lowest BCUT2D eigenvalue weighted by molar-refractivity contribution is -0.192. The molecule has 1 aliphatic heterocycles. The van der Waals surface area contributed by atoms with Gasteiger partial charge in [0.25, 0.3) is 0 Å². The normalized spacial score (nSPS) is 22.1. The van der Waals surface area contributed by atoms with Gasteiger partial charge in [-0.25, -0.2) is 9.59 Å². The van der Waals surface area contributed by atoms with Gasteiger partial charge in [-0.1, -0.05) is 19.1 Å². The van der Waals surface area contributed by atoms with Crippen molar-refractivity contribution >= 4 is 17.7 Å². The van der Waals surface area contributed by atoms with Crippen molar-refractivity contribution in [2.45, 2.75) is 68.9 Å². The maximum absolute atomic E-state index is 13.0. The third-order valence-electron chi connectivity index (χ3n) is 7.87. The summed E-state index contributed by atoms with van der Waals surface area (Å²) in [5, 5.41) is 12.7. The summed E-state index contributed by atoms with van der Waals surface area (Å²) in [5.74, 6) is -1.36. The highest BCUT2D eigenvalue weighted by atomic mass is 19.4. The number of anilines is 1. The van der Waals surface area contributed by atoms with Crippen LogP contribution >= 0.6 is 0 Å². The molecule has 238 valence electrons. The predicted octanol–water partition coefficient (Wildman–Crippen LogP) is 6.45. The van der Waals surface area contributed by atoms with Gasteiger partial charge < -0.3 is 25.2 Å². The lowest BCUT2D eigenvalue weighted by atomic mass is 9.65. The van der Waals surface area contributed by atoms with Gasteiger partial charge in [-0.3, -0.25) is 4.90 Å². The van der Waals surface area contributed by atoms with Gasteiger partial charge in [-0.2, -0.15) is 26.3 Å². The van der Waals surface area contributed by atoms with Crippen LogP contribution < -0.4 is 20.1 Å². The molecule has 0 aromatic heterocycles. The second kappa shape index (κ2) is 13.7. The molecule has 1 saturated heterocycles. The van der Waals surface area contributed by atoms with Gasteiger partial charge in [0.15, 0.2) is 11.5 Å². The Labute approximate surface area is 245 Å². The van der Waals surface area contributed by atoms with E-state index >= 15 is 0 Å². The molecule has 0 spiro atoms. The Morgan fingerprint density at radius 3 is 2.28 bits per heavy atom. The second-order valence-corrected chi connectivity index (χ2v) is 10.5. The molecule has 1 aliphatic carbocycles.